The second-order valence-electron chi connectivity index (χ2n) is 9.12. The molecule has 1 saturated heterocycles. The van der Waals surface area contributed by atoms with E-state index in [0.717, 1.165) is 37.4 Å². The van der Waals surface area contributed by atoms with Gasteiger partial charge in [0, 0.05) is 56.4 Å². The van der Waals surface area contributed by atoms with Crippen molar-refractivity contribution in [3.8, 4) is 17.5 Å². The van der Waals surface area contributed by atoms with Crippen LogP contribution in [0.15, 0.2) is 54.7 Å². The Balaban J connectivity index is 1.06. The molecule has 1 atom stereocenters. The summed E-state index contributed by atoms with van der Waals surface area (Å²) in [6.45, 7) is 4.84. The normalized spacial score (nSPS) is 18.0. The quantitative estimate of drug-likeness (QED) is 0.314. The third-order valence-corrected chi connectivity index (χ3v) is 6.45. The molecule has 10 nitrogen and oxygen atoms in total. The molecule has 3 heterocycles. The third kappa shape index (κ3) is 6.46. The van der Waals surface area contributed by atoms with Gasteiger partial charge in [-0.25, -0.2) is 0 Å². The number of rotatable bonds is 8. The molecule has 2 aliphatic rings. The molecule has 0 saturated carbocycles. The lowest BCUT2D eigenvalue weighted by Gasteiger charge is -2.36. The van der Waals surface area contributed by atoms with Crippen LogP contribution < -0.4 is 19.1 Å². The molecule has 0 radical (unpaired) electrons. The van der Waals surface area contributed by atoms with Gasteiger partial charge in [-0.05, 0) is 46.9 Å². The Morgan fingerprint density at radius 1 is 1.00 bits per heavy atom. The number of aryl methyl sites for hydroxylation is 1. The minimum absolute atomic E-state index is 0.219. The number of anilines is 1. The van der Waals surface area contributed by atoms with Crippen LogP contribution in [-0.2, 0) is 13.1 Å². The number of benzene rings is 2. The van der Waals surface area contributed by atoms with E-state index in [9.17, 15) is 23.3 Å². The zero-order chi connectivity index (χ0) is 26.7. The lowest BCUT2D eigenvalue weighted by molar-refractivity contribution is -0.389. The molecular formula is C25H26F3N5O5. The first-order valence-corrected chi connectivity index (χ1v) is 12.1. The number of hydrogen-bond donors (Lipinski definition) is 0. The van der Waals surface area contributed by atoms with Crippen LogP contribution in [0.3, 0.4) is 0 Å². The number of imidazole rings is 1. The number of alkyl halides is 3. The molecule has 2 aliphatic heterocycles. The van der Waals surface area contributed by atoms with Crippen molar-refractivity contribution in [3.05, 3.63) is 70.4 Å². The smallest absolute Gasteiger partial charge is 0.490 e. The molecule has 0 aliphatic carbocycles. The summed E-state index contributed by atoms with van der Waals surface area (Å²) in [6.07, 6.45) is -2.90. The van der Waals surface area contributed by atoms with E-state index in [1.165, 1.54) is 18.3 Å². The summed E-state index contributed by atoms with van der Waals surface area (Å²) < 4.78 is 54.2. The van der Waals surface area contributed by atoms with Crippen LogP contribution >= 0.6 is 0 Å². The van der Waals surface area contributed by atoms with Gasteiger partial charge < -0.3 is 29.2 Å². The second-order valence-corrected chi connectivity index (χ2v) is 9.12. The fourth-order valence-corrected chi connectivity index (χ4v) is 4.50. The number of nitro groups is 1. The van der Waals surface area contributed by atoms with Crippen LogP contribution in [-0.4, -0.2) is 64.6 Å². The van der Waals surface area contributed by atoms with Gasteiger partial charge >= 0.3 is 18.2 Å². The van der Waals surface area contributed by atoms with Gasteiger partial charge in [0.25, 0.3) is 0 Å². The number of aromatic nitrogens is 2. The predicted octanol–water partition coefficient (Wildman–Crippen LogP) is 4.24. The lowest BCUT2D eigenvalue weighted by Crippen LogP contribution is -2.45. The van der Waals surface area contributed by atoms with Gasteiger partial charge in [0.2, 0.25) is 0 Å². The van der Waals surface area contributed by atoms with E-state index >= 15 is 0 Å². The van der Waals surface area contributed by atoms with E-state index in [-0.39, 0.29) is 23.7 Å². The Labute approximate surface area is 216 Å². The SMILES string of the molecule is O=[N+]([O-])c1cn2c(n1)OC(COc1ccc(N3CCN(Cc4ccc(OC(F)(F)F)cc4)CC3)cc1)CC2. The number of piperazine rings is 1. The summed E-state index contributed by atoms with van der Waals surface area (Å²) in [4.78, 5) is 18.8. The summed E-state index contributed by atoms with van der Waals surface area (Å²) in [5.74, 6) is 0.253. The Morgan fingerprint density at radius 3 is 2.34 bits per heavy atom. The summed E-state index contributed by atoms with van der Waals surface area (Å²) in [5.41, 5.74) is 2.01. The van der Waals surface area contributed by atoms with Crippen LogP contribution in [0.1, 0.15) is 12.0 Å². The summed E-state index contributed by atoms with van der Waals surface area (Å²) >= 11 is 0. The van der Waals surface area contributed by atoms with Crippen LogP contribution in [0, 0.1) is 10.1 Å². The Morgan fingerprint density at radius 2 is 1.68 bits per heavy atom. The zero-order valence-electron chi connectivity index (χ0n) is 20.3. The van der Waals surface area contributed by atoms with Gasteiger partial charge in [-0.1, -0.05) is 12.1 Å². The van der Waals surface area contributed by atoms with E-state index < -0.39 is 11.3 Å². The van der Waals surface area contributed by atoms with Crippen molar-refractivity contribution in [3.63, 3.8) is 0 Å². The van der Waals surface area contributed by atoms with Crippen molar-refractivity contribution in [1.29, 1.82) is 0 Å². The number of fused-ring (bicyclic) bond motifs is 1. The Hall–Kier alpha value is -4.00. The molecule has 1 unspecified atom stereocenters. The molecule has 1 fully saturated rings. The first kappa shape index (κ1) is 25.6. The van der Waals surface area contributed by atoms with Gasteiger partial charge in [0.15, 0.2) is 0 Å². The van der Waals surface area contributed by atoms with Crippen molar-refractivity contribution in [2.24, 2.45) is 0 Å². The van der Waals surface area contributed by atoms with Crippen LogP contribution in [0.25, 0.3) is 0 Å². The highest BCUT2D eigenvalue weighted by Crippen LogP contribution is 2.26. The summed E-state index contributed by atoms with van der Waals surface area (Å²) in [5, 5.41) is 10.9. The molecular weight excluding hydrogens is 507 g/mol. The highest BCUT2D eigenvalue weighted by Gasteiger charge is 2.31. The predicted molar refractivity (Wildman–Crippen MR) is 130 cm³/mol. The maximum absolute atomic E-state index is 12.3. The van der Waals surface area contributed by atoms with Crippen molar-refractivity contribution >= 4 is 11.5 Å². The van der Waals surface area contributed by atoms with E-state index in [1.54, 1.807) is 16.7 Å². The molecule has 202 valence electrons. The number of hydrogen-bond acceptors (Lipinski definition) is 8. The third-order valence-electron chi connectivity index (χ3n) is 6.45. The largest absolute Gasteiger partial charge is 0.573 e. The molecule has 13 heteroatoms. The van der Waals surface area contributed by atoms with Crippen molar-refractivity contribution in [1.82, 2.24) is 14.5 Å². The monoisotopic (exact) mass is 533 g/mol. The maximum Gasteiger partial charge on any atom is 0.573 e. The van der Waals surface area contributed by atoms with Crippen molar-refractivity contribution in [2.75, 3.05) is 37.7 Å². The zero-order valence-corrected chi connectivity index (χ0v) is 20.3. The first-order valence-electron chi connectivity index (χ1n) is 12.1. The summed E-state index contributed by atoms with van der Waals surface area (Å²) in [7, 11) is 0. The van der Waals surface area contributed by atoms with Gasteiger partial charge in [0.1, 0.15) is 30.4 Å². The molecule has 5 rings (SSSR count). The molecule has 2 aromatic carbocycles. The number of ether oxygens (including phenoxy) is 3. The van der Waals surface area contributed by atoms with Crippen LogP contribution in [0.2, 0.25) is 0 Å². The van der Waals surface area contributed by atoms with Crippen molar-refractivity contribution in [2.45, 2.75) is 32.0 Å². The van der Waals surface area contributed by atoms with Gasteiger partial charge in [0.05, 0.1) is 0 Å². The maximum atomic E-state index is 12.3. The highest BCUT2D eigenvalue weighted by atomic mass is 19.4. The minimum Gasteiger partial charge on any atom is -0.490 e. The van der Waals surface area contributed by atoms with E-state index in [1.807, 2.05) is 24.3 Å². The second kappa shape index (κ2) is 10.8. The molecule has 0 spiro atoms. The summed E-state index contributed by atoms with van der Waals surface area (Å²) in [6, 6.07) is 14.0. The highest BCUT2D eigenvalue weighted by molar-refractivity contribution is 5.49. The molecule has 0 N–H and O–H groups in total. The molecule has 38 heavy (non-hydrogen) atoms. The molecule has 1 aromatic heterocycles. The van der Waals surface area contributed by atoms with Gasteiger partial charge in [-0.15, -0.1) is 13.2 Å². The van der Waals surface area contributed by atoms with E-state index in [2.05, 4.69) is 19.5 Å². The van der Waals surface area contributed by atoms with Crippen molar-refractivity contribution < 1.29 is 32.3 Å². The van der Waals surface area contributed by atoms with Crippen LogP contribution in [0.5, 0.6) is 17.5 Å². The molecule has 0 bridgehead atoms. The molecule has 3 aromatic rings. The number of halogens is 3. The minimum atomic E-state index is -4.69. The average Bonchev–Trinajstić information content (AvgIpc) is 3.33. The first-order chi connectivity index (χ1) is 18.2. The standard InChI is InChI=1S/C25H26F3N5O5/c26-25(27,28)38-21-5-1-18(2-6-21)15-30-11-13-31(14-12-30)19-3-7-20(8-4-19)36-17-22-9-10-32-16-23(33(34)35)29-24(32)37-22/h1-8,16,22H,9-15,17H2. The fourth-order valence-electron chi connectivity index (χ4n) is 4.50. The van der Waals surface area contributed by atoms with E-state index in [0.29, 0.717) is 31.9 Å². The Bertz CT molecular complexity index is 1240. The fraction of sp³-hybridized carbons (Fsp3) is 0.400. The van der Waals surface area contributed by atoms with Gasteiger partial charge in [-0.3, -0.25) is 9.47 Å². The van der Waals surface area contributed by atoms with Gasteiger partial charge in [-0.2, -0.15) is 0 Å². The Kier molecular flexibility index (Phi) is 7.27. The average molecular weight is 534 g/mol. The van der Waals surface area contributed by atoms with Crippen LogP contribution in [0.4, 0.5) is 24.7 Å². The topological polar surface area (TPSA) is 95.1 Å². The lowest BCUT2D eigenvalue weighted by atomic mass is 10.2. The number of nitrogens with zero attached hydrogens (tertiary/aromatic N) is 5. The van der Waals surface area contributed by atoms with E-state index in [4.69, 9.17) is 9.47 Å². The molecule has 0 amide bonds.